The number of aromatic nitrogens is 3. The van der Waals surface area contributed by atoms with Crippen LogP contribution in [0.2, 0.25) is 0 Å². The summed E-state index contributed by atoms with van der Waals surface area (Å²) in [7, 11) is 0. The Bertz CT molecular complexity index is 872. The molecular formula is C24H34N4OS. The van der Waals surface area contributed by atoms with Crippen LogP contribution < -0.4 is 0 Å². The SMILES string of the molecule is C=CCn1c(SCC(=O)N2C[C@H](C)C[C@@H](C)C2)nnc1-c1ccc(C(C)(C)C)cc1. The molecule has 2 aromatic rings. The van der Waals surface area contributed by atoms with Crippen LogP contribution in [0.4, 0.5) is 0 Å². The number of rotatable bonds is 6. The molecule has 30 heavy (non-hydrogen) atoms. The van der Waals surface area contributed by atoms with E-state index < -0.39 is 0 Å². The van der Waals surface area contributed by atoms with Crippen LogP contribution in [0.1, 0.15) is 46.6 Å². The quantitative estimate of drug-likeness (QED) is 0.480. The van der Waals surface area contributed by atoms with Gasteiger partial charge < -0.3 is 4.90 Å². The predicted octanol–water partition coefficient (Wildman–Crippen LogP) is 5.03. The summed E-state index contributed by atoms with van der Waals surface area (Å²) in [4.78, 5) is 14.8. The second-order valence-corrected chi connectivity index (χ2v) is 10.5. The van der Waals surface area contributed by atoms with Crippen LogP contribution in [0.5, 0.6) is 0 Å². The predicted molar refractivity (Wildman–Crippen MR) is 125 cm³/mol. The first-order chi connectivity index (χ1) is 14.2. The molecule has 1 aromatic heterocycles. The third-order valence-corrected chi connectivity index (χ3v) is 6.54. The molecule has 162 valence electrons. The minimum absolute atomic E-state index is 0.109. The molecule has 1 saturated heterocycles. The number of thioether (sulfide) groups is 1. The highest BCUT2D eigenvalue weighted by molar-refractivity contribution is 7.99. The Morgan fingerprint density at radius 3 is 2.37 bits per heavy atom. The van der Waals surface area contributed by atoms with Gasteiger partial charge >= 0.3 is 0 Å². The second-order valence-electron chi connectivity index (χ2n) is 9.57. The third kappa shape index (κ3) is 5.34. The van der Waals surface area contributed by atoms with Gasteiger partial charge in [-0.2, -0.15) is 0 Å². The topological polar surface area (TPSA) is 51.0 Å². The van der Waals surface area contributed by atoms with E-state index in [1.807, 2.05) is 15.5 Å². The minimum atomic E-state index is 0.109. The molecule has 0 spiro atoms. The van der Waals surface area contributed by atoms with Crippen molar-refractivity contribution < 1.29 is 4.79 Å². The number of likely N-dealkylation sites (tertiary alicyclic amines) is 1. The van der Waals surface area contributed by atoms with Gasteiger partial charge in [-0.1, -0.05) is 76.7 Å². The van der Waals surface area contributed by atoms with Crippen LogP contribution in [0.3, 0.4) is 0 Å². The number of carbonyl (C=O) groups excluding carboxylic acids is 1. The summed E-state index contributed by atoms with van der Waals surface area (Å²) in [6, 6.07) is 8.50. The van der Waals surface area contributed by atoms with E-state index in [2.05, 4.69) is 75.7 Å². The molecule has 0 radical (unpaired) electrons. The van der Waals surface area contributed by atoms with E-state index in [1.54, 1.807) is 0 Å². The molecular weight excluding hydrogens is 392 g/mol. The summed E-state index contributed by atoms with van der Waals surface area (Å²) >= 11 is 1.46. The fourth-order valence-corrected chi connectivity index (χ4v) is 4.96. The van der Waals surface area contributed by atoms with Crippen LogP contribution in [0.25, 0.3) is 11.4 Å². The standard InChI is InChI=1S/C24H34N4OS/c1-7-12-28-22(19-8-10-20(11-9-19)24(4,5)6)25-26-23(28)30-16-21(29)27-14-17(2)13-18(3)15-27/h7-11,17-18H,1,12-16H2,2-6H3/t17-,18-/m1/s1. The summed E-state index contributed by atoms with van der Waals surface area (Å²) in [5.41, 5.74) is 2.42. The lowest BCUT2D eigenvalue weighted by Crippen LogP contribution is -2.43. The summed E-state index contributed by atoms with van der Waals surface area (Å²) in [5.74, 6) is 2.51. The van der Waals surface area contributed by atoms with E-state index in [4.69, 9.17) is 0 Å². The van der Waals surface area contributed by atoms with Gasteiger partial charge in [0.05, 0.1) is 5.75 Å². The number of amides is 1. The van der Waals surface area contributed by atoms with Crippen LogP contribution in [0.15, 0.2) is 42.1 Å². The summed E-state index contributed by atoms with van der Waals surface area (Å²) in [6.07, 6.45) is 3.04. The molecule has 5 nitrogen and oxygen atoms in total. The van der Waals surface area contributed by atoms with Crippen molar-refractivity contribution in [1.29, 1.82) is 0 Å². The van der Waals surface area contributed by atoms with Gasteiger partial charge in [-0.15, -0.1) is 16.8 Å². The van der Waals surface area contributed by atoms with Gasteiger partial charge in [0.2, 0.25) is 5.91 Å². The van der Waals surface area contributed by atoms with Crippen LogP contribution in [0, 0.1) is 11.8 Å². The van der Waals surface area contributed by atoms with E-state index in [0.29, 0.717) is 24.1 Å². The lowest BCUT2D eigenvalue weighted by atomic mass is 9.87. The molecule has 2 atom stereocenters. The largest absolute Gasteiger partial charge is 0.341 e. The fraction of sp³-hybridized carbons (Fsp3) is 0.542. The van der Waals surface area contributed by atoms with Crippen molar-refractivity contribution >= 4 is 17.7 Å². The smallest absolute Gasteiger partial charge is 0.233 e. The van der Waals surface area contributed by atoms with Gasteiger partial charge in [-0.05, 0) is 29.2 Å². The van der Waals surface area contributed by atoms with Crippen molar-refractivity contribution in [3.63, 3.8) is 0 Å². The molecule has 2 heterocycles. The summed E-state index contributed by atoms with van der Waals surface area (Å²) in [6.45, 7) is 17.3. The highest BCUT2D eigenvalue weighted by Gasteiger charge is 2.26. The van der Waals surface area contributed by atoms with E-state index in [-0.39, 0.29) is 11.3 Å². The number of carbonyl (C=O) groups is 1. The Labute approximate surface area is 185 Å². The molecule has 0 saturated carbocycles. The first-order valence-corrected chi connectivity index (χ1v) is 11.7. The Morgan fingerprint density at radius 1 is 1.17 bits per heavy atom. The van der Waals surface area contributed by atoms with Gasteiger partial charge in [-0.25, -0.2) is 0 Å². The first-order valence-electron chi connectivity index (χ1n) is 10.7. The van der Waals surface area contributed by atoms with Crippen molar-refractivity contribution in [2.24, 2.45) is 11.8 Å². The first kappa shape index (κ1) is 22.6. The van der Waals surface area contributed by atoms with E-state index in [1.165, 1.54) is 23.7 Å². The molecule has 1 amide bonds. The molecule has 0 N–H and O–H groups in total. The van der Waals surface area contributed by atoms with Gasteiger partial charge in [0.15, 0.2) is 11.0 Å². The van der Waals surface area contributed by atoms with Crippen LogP contribution in [-0.2, 0) is 16.8 Å². The zero-order chi connectivity index (χ0) is 21.9. The number of benzene rings is 1. The van der Waals surface area contributed by atoms with E-state index >= 15 is 0 Å². The monoisotopic (exact) mass is 426 g/mol. The Kier molecular flexibility index (Phi) is 7.06. The van der Waals surface area contributed by atoms with Crippen molar-refractivity contribution in [2.45, 2.75) is 58.2 Å². The van der Waals surface area contributed by atoms with E-state index in [0.717, 1.165) is 29.6 Å². The third-order valence-electron chi connectivity index (χ3n) is 5.58. The molecule has 1 aromatic carbocycles. The second kappa shape index (κ2) is 9.38. The molecule has 1 aliphatic heterocycles. The summed E-state index contributed by atoms with van der Waals surface area (Å²) in [5, 5.41) is 9.58. The van der Waals surface area contributed by atoms with Crippen LogP contribution >= 0.6 is 11.8 Å². The number of hydrogen-bond donors (Lipinski definition) is 0. The zero-order valence-electron chi connectivity index (χ0n) is 18.9. The van der Waals surface area contributed by atoms with Gasteiger partial charge in [0.1, 0.15) is 0 Å². The van der Waals surface area contributed by atoms with Crippen molar-refractivity contribution in [2.75, 3.05) is 18.8 Å². The van der Waals surface area contributed by atoms with Gasteiger partial charge in [0, 0.05) is 25.2 Å². The molecule has 1 fully saturated rings. The van der Waals surface area contributed by atoms with Gasteiger partial charge in [0.25, 0.3) is 0 Å². The fourth-order valence-electron chi connectivity index (χ4n) is 4.11. The van der Waals surface area contributed by atoms with Crippen LogP contribution in [-0.4, -0.2) is 44.4 Å². The van der Waals surface area contributed by atoms with E-state index in [9.17, 15) is 4.79 Å². The van der Waals surface area contributed by atoms with Crippen molar-refractivity contribution in [1.82, 2.24) is 19.7 Å². The van der Waals surface area contributed by atoms with Gasteiger partial charge in [-0.3, -0.25) is 9.36 Å². The number of allylic oxidation sites excluding steroid dienone is 1. The Morgan fingerprint density at radius 2 is 1.80 bits per heavy atom. The minimum Gasteiger partial charge on any atom is -0.341 e. The average molecular weight is 427 g/mol. The summed E-state index contributed by atoms with van der Waals surface area (Å²) < 4.78 is 2.04. The molecule has 3 rings (SSSR count). The zero-order valence-corrected chi connectivity index (χ0v) is 19.7. The highest BCUT2D eigenvalue weighted by Crippen LogP contribution is 2.28. The molecule has 0 unspecified atom stereocenters. The van der Waals surface area contributed by atoms with Crippen molar-refractivity contribution in [3.05, 3.63) is 42.5 Å². The molecule has 1 aliphatic rings. The maximum Gasteiger partial charge on any atom is 0.233 e. The lowest BCUT2D eigenvalue weighted by molar-refractivity contribution is -0.130. The Hall–Kier alpha value is -2.08. The lowest BCUT2D eigenvalue weighted by Gasteiger charge is -2.34. The molecule has 0 bridgehead atoms. The molecule has 0 aliphatic carbocycles. The normalized spacial score (nSPS) is 19.7. The number of nitrogens with zero attached hydrogens (tertiary/aromatic N) is 4. The average Bonchev–Trinajstić information content (AvgIpc) is 3.07. The maximum atomic E-state index is 12.8. The number of hydrogen-bond acceptors (Lipinski definition) is 4. The number of piperidine rings is 1. The van der Waals surface area contributed by atoms with Crippen molar-refractivity contribution in [3.8, 4) is 11.4 Å². The highest BCUT2D eigenvalue weighted by atomic mass is 32.2. The molecule has 6 heteroatoms. The Balaban J connectivity index is 1.74. The maximum absolute atomic E-state index is 12.8.